The van der Waals surface area contributed by atoms with Gasteiger partial charge >= 0.3 is 0 Å². The van der Waals surface area contributed by atoms with Gasteiger partial charge in [-0.25, -0.2) is 9.97 Å². The summed E-state index contributed by atoms with van der Waals surface area (Å²) in [6, 6.07) is 8.86. The number of hydrogen-bond donors (Lipinski definition) is 2. The zero-order valence-corrected chi connectivity index (χ0v) is 17.8. The summed E-state index contributed by atoms with van der Waals surface area (Å²) in [7, 11) is 1.74. The van der Waals surface area contributed by atoms with Crippen LogP contribution in [-0.4, -0.2) is 45.4 Å². The summed E-state index contributed by atoms with van der Waals surface area (Å²) >= 11 is 0. The third-order valence-electron chi connectivity index (χ3n) is 6.04. The maximum Gasteiger partial charge on any atom is 0.134 e. The third kappa shape index (κ3) is 3.54. The fourth-order valence-electron chi connectivity index (χ4n) is 4.50. The fourth-order valence-corrected chi connectivity index (χ4v) is 4.50. The van der Waals surface area contributed by atoms with Crippen molar-refractivity contribution < 1.29 is 4.74 Å². The number of fused-ring (bicyclic) bond motifs is 2. The Morgan fingerprint density at radius 3 is 2.97 bits per heavy atom. The molecule has 1 aliphatic rings. The van der Waals surface area contributed by atoms with Crippen LogP contribution in [0, 0.1) is 11.8 Å². The SMILES string of the molecule is CCn1cnc2cc(C#Cc3cn(C4CN[C@@H](COC)C4)c4ccnc(N)c34)ccc21. The van der Waals surface area contributed by atoms with Crippen molar-refractivity contribution in [2.75, 3.05) is 26.0 Å². The number of aromatic nitrogens is 4. The standard InChI is InChI=1S/C24H26N6O/c1-3-29-15-28-20-10-16(5-7-21(20)29)4-6-17-13-30(19-11-18(14-31-2)27-12-19)22-8-9-26-24(25)23(17)22/h5,7-10,13,15,18-19,27H,3,11-12,14H2,1-2H3,(H2,25,26)/t18-,19?/m1/s1. The summed E-state index contributed by atoms with van der Waals surface area (Å²) in [5.41, 5.74) is 11.2. The third-order valence-corrected chi connectivity index (χ3v) is 6.04. The lowest BCUT2D eigenvalue weighted by Crippen LogP contribution is -2.25. The van der Waals surface area contributed by atoms with Gasteiger partial charge in [-0.2, -0.15) is 0 Å². The van der Waals surface area contributed by atoms with E-state index < -0.39 is 0 Å². The predicted octanol–water partition coefficient (Wildman–Crippen LogP) is 2.94. The Morgan fingerprint density at radius 2 is 2.13 bits per heavy atom. The second kappa shape index (κ2) is 8.06. The molecular weight excluding hydrogens is 388 g/mol. The summed E-state index contributed by atoms with van der Waals surface area (Å²) < 4.78 is 9.73. The van der Waals surface area contributed by atoms with Gasteiger partial charge in [-0.05, 0) is 37.6 Å². The minimum atomic E-state index is 0.328. The Hall–Kier alpha value is -3.34. The molecule has 7 heteroatoms. The molecule has 1 saturated heterocycles. The van der Waals surface area contributed by atoms with Crippen molar-refractivity contribution in [2.24, 2.45) is 0 Å². The quantitative estimate of drug-likeness (QED) is 0.502. The van der Waals surface area contributed by atoms with E-state index in [-0.39, 0.29) is 0 Å². The largest absolute Gasteiger partial charge is 0.383 e. The highest BCUT2D eigenvalue weighted by molar-refractivity contribution is 5.95. The maximum atomic E-state index is 6.26. The number of nitrogen functional groups attached to an aromatic ring is 1. The van der Waals surface area contributed by atoms with Crippen LogP contribution in [0.4, 0.5) is 5.82 Å². The number of hydrogen-bond acceptors (Lipinski definition) is 5. The number of ether oxygens (including phenoxy) is 1. The van der Waals surface area contributed by atoms with Crippen molar-refractivity contribution in [3.05, 3.63) is 54.1 Å². The Balaban J connectivity index is 1.53. The Bertz CT molecular complexity index is 1310. The molecule has 0 aliphatic carbocycles. The van der Waals surface area contributed by atoms with Crippen LogP contribution < -0.4 is 11.1 Å². The van der Waals surface area contributed by atoms with E-state index >= 15 is 0 Å². The van der Waals surface area contributed by atoms with Crippen molar-refractivity contribution in [1.82, 2.24) is 24.4 Å². The molecule has 0 spiro atoms. The molecule has 7 nitrogen and oxygen atoms in total. The van der Waals surface area contributed by atoms with E-state index in [0.29, 0.717) is 24.5 Å². The molecule has 1 aliphatic heterocycles. The van der Waals surface area contributed by atoms with Gasteiger partial charge in [0.1, 0.15) is 5.82 Å². The van der Waals surface area contributed by atoms with E-state index in [1.165, 1.54) is 0 Å². The minimum Gasteiger partial charge on any atom is -0.383 e. The van der Waals surface area contributed by atoms with Gasteiger partial charge in [0.25, 0.3) is 0 Å². The molecular formula is C24H26N6O. The second-order valence-corrected chi connectivity index (χ2v) is 7.97. The molecule has 0 amide bonds. The average molecular weight is 415 g/mol. The van der Waals surface area contributed by atoms with E-state index in [4.69, 9.17) is 10.5 Å². The molecule has 31 heavy (non-hydrogen) atoms. The molecule has 0 radical (unpaired) electrons. The van der Waals surface area contributed by atoms with Crippen LogP contribution in [0.5, 0.6) is 0 Å². The minimum absolute atomic E-state index is 0.328. The lowest BCUT2D eigenvalue weighted by atomic mass is 10.1. The predicted molar refractivity (Wildman–Crippen MR) is 123 cm³/mol. The summed E-state index contributed by atoms with van der Waals surface area (Å²) in [6.07, 6.45) is 6.75. The number of imidazole rings is 1. The van der Waals surface area contributed by atoms with Gasteiger partial charge in [0.05, 0.1) is 40.4 Å². The highest BCUT2D eigenvalue weighted by Crippen LogP contribution is 2.31. The van der Waals surface area contributed by atoms with Crippen LogP contribution >= 0.6 is 0 Å². The Kier molecular flexibility index (Phi) is 5.10. The molecule has 0 saturated carbocycles. The van der Waals surface area contributed by atoms with Gasteiger partial charge in [0.2, 0.25) is 0 Å². The molecule has 2 atom stereocenters. The zero-order chi connectivity index (χ0) is 21.4. The highest BCUT2D eigenvalue weighted by Gasteiger charge is 2.27. The van der Waals surface area contributed by atoms with Gasteiger partial charge in [-0.1, -0.05) is 11.8 Å². The topological polar surface area (TPSA) is 82.9 Å². The van der Waals surface area contributed by atoms with E-state index in [1.54, 1.807) is 13.3 Å². The number of nitrogens with zero attached hydrogens (tertiary/aromatic N) is 4. The van der Waals surface area contributed by atoms with Crippen LogP contribution in [-0.2, 0) is 11.3 Å². The van der Waals surface area contributed by atoms with Crippen molar-refractivity contribution in [3.8, 4) is 11.8 Å². The van der Waals surface area contributed by atoms with Crippen molar-refractivity contribution in [3.63, 3.8) is 0 Å². The number of benzene rings is 1. The average Bonchev–Trinajstić information content (AvgIpc) is 3.49. The summed E-state index contributed by atoms with van der Waals surface area (Å²) in [5.74, 6) is 7.15. The van der Waals surface area contributed by atoms with Crippen LogP contribution in [0.3, 0.4) is 0 Å². The first kappa shape index (κ1) is 19.6. The zero-order valence-electron chi connectivity index (χ0n) is 17.8. The van der Waals surface area contributed by atoms with Gasteiger partial charge in [0.15, 0.2) is 0 Å². The van der Waals surface area contributed by atoms with Gasteiger partial charge in [0, 0.05) is 50.2 Å². The number of rotatable bonds is 4. The molecule has 4 heterocycles. The van der Waals surface area contributed by atoms with E-state index in [2.05, 4.69) is 55.4 Å². The van der Waals surface area contributed by atoms with Gasteiger partial charge in [-0.3, -0.25) is 0 Å². The van der Waals surface area contributed by atoms with Crippen molar-refractivity contribution in [1.29, 1.82) is 0 Å². The number of methoxy groups -OCH3 is 1. The Labute approximate surface area is 181 Å². The highest BCUT2D eigenvalue weighted by atomic mass is 16.5. The first-order valence-corrected chi connectivity index (χ1v) is 10.6. The number of nitrogens with one attached hydrogen (secondary N) is 1. The first-order valence-electron chi connectivity index (χ1n) is 10.6. The second-order valence-electron chi connectivity index (χ2n) is 7.97. The summed E-state index contributed by atoms with van der Waals surface area (Å²) in [6.45, 7) is 4.61. The number of pyridine rings is 1. The molecule has 5 rings (SSSR count). The lowest BCUT2D eigenvalue weighted by Gasteiger charge is -2.13. The Morgan fingerprint density at radius 1 is 1.23 bits per heavy atom. The smallest absolute Gasteiger partial charge is 0.134 e. The fraction of sp³-hybridized carbons (Fsp3) is 0.333. The van der Waals surface area contributed by atoms with Crippen LogP contribution in [0.2, 0.25) is 0 Å². The monoisotopic (exact) mass is 414 g/mol. The molecule has 1 aromatic carbocycles. The normalized spacial score (nSPS) is 18.5. The molecule has 4 aromatic rings. The van der Waals surface area contributed by atoms with Crippen LogP contribution in [0.25, 0.3) is 21.9 Å². The van der Waals surface area contributed by atoms with Crippen molar-refractivity contribution in [2.45, 2.75) is 32.0 Å². The molecule has 158 valence electrons. The molecule has 3 N–H and O–H groups in total. The van der Waals surface area contributed by atoms with Gasteiger partial charge < -0.3 is 24.9 Å². The van der Waals surface area contributed by atoms with E-state index in [9.17, 15) is 0 Å². The number of aryl methyl sites for hydroxylation is 1. The molecule has 0 bridgehead atoms. The number of nitrogens with two attached hydrogens (primary N) is 1. The van der Waals surface area contributed by atoms with Crippen LogP contribution in [0.15, 0.2) is 43.0 Å². The summed E-state index contributed by atoms with van der Waals surface area (Å²) in [4.78, 5) is 8.80. The van der Waals surface area contributed by atoms with Gasteiger partial charge in [-0.15, -0.1) is 0 Å². The van der Waals surface area contributed by atoms with E-state index in [0.717, 1.165) is 52.6 Å². The van der Waals surface area contributed by atoms with Crippen molar-refractivity contribution >= 4 is 27.8 Å². The summed E-state index contributed by atoms with van der Waals surface area (Å²) in [5, 5.41) is 4.46. The molecule has 3 aromatic heterocycles. The van der Waals surface area contributed by atoms with Crippen LogP contribution in [0.1, 0.15) is 30.5 Å². The van der Waals surface area contributed by atoms with E-state index in [1.807, 2.05) is 24.5 Å². The molecule has 1 unspecified atom stereocenters. The number of anilines is 1. The first-order chi connectivity index (χ1) is 15.2. The lowest BCUT2D eigenvalue weighted by molar-refractivity contribution is 0.172. The maximum absolute atomic E-state index is 6.26. The molecule has 1 fully saturated rings.